The number of phosphoric ester groups is 3. The van der Waals surface area contributed by atoms with Crippen LogP contribution in [0.25, 0.3) is 33.5 Å². The zero-order valence-electron chi connectivity index (χ0n) is 43.5. The molecule has 462 valence electrons. The number of aryl methyl sites for hydroxylation is 1. The van der Waals surface area contributed by atoms with Crippen LogP contribution in [-0.4, -0.2) is 204 Å². The quantitative estimate of drug-likeness (QED) is 0.0211. The van der Waals surface area contributed by atoms with Gasteiger partial charge in [0.2, 0.25) is 27.7 Å². The van der Waals surface area contributed by atoms with Crippen LogP contribution in [0.5, 0.6) is 0 Å². The van der Waals surface area contributed by atoms with Gasteiger partial charge in [0.1, 0.15) is 60.7 Å². The number of anilines is 3. The summed E-state index contributed by atoms with van der Waals surface area (Å²) < 4.78 is 144. The number of hydrogen-bond donors (Lipinski definition) is 11. The van der Waals surface area contributed by atoms with Crippen molar-refractivity contribution in [3.63, 3.8) is 0 Å². The van der Waals surface area contributed by atoms with E-state index in [1.54, 1.807) is 0 Å². The first kappa shape index (κ1) is 61.8. The molecule has 84 heavy (non-hydrogen) atoms. The number of methoxy groups -OCH3 is 1. The number of nitrogens with one attached hydrogen (secondary N) is 2. The first-order valence-electron chi connectivity index (χ1n) is 24.1. The molecule has 0 saturated carbocycles. The molecule has 0 aromatic carbocycles. The molecule has 4 fully saturated rings. The molecular weight excluding hydrogens is 1240 g/mol. The van der Waals surface area contributed by atoms with Gasteiger partial charge in [-0.2, -0.15) is 13.6 Å². The number of H-pyrrole nitrogens is 2. The molecule has 0 amide bonds. The number of rotatable bonds is 23. The summed E-state index contributed by atoms with van der Waals surface area (Å²) in [4.78, 5) is 99.8. The lowest BCUT2D eigenvalue weighted by molar-refractivity contribution is -0.753. The average Bonchev–Trinajstić information content (AvgIpc) is 1.58. The summed E-state index contributed by atoms with van der Waals surface area (Å²) in [6.07, 6.45) is -16.1. The van der Waals surface area contributed by atoms with Crippen molar-refractivity contribution in [2.75, 3.05) is 64.0 Å². The Hall–Kier alpha value is -5.24. The third-order valence-corrected chi connectivity index (χ3v) is 20.8. The smallest absolute Gasteiger partial charge is 0.490 e. The van der Waals surface area contributed by atoms with Crippen LogP contribution in [0.3, 0.4) is 0 Å². The Morgan fingerprint density at radius 1 is 0.810 bits per heavy atom. The number of nitrogen functional groups attached to an aromatic ring is 3. The highest BCUT2D eigenvalue weighted by atomic mass is 32.2. The standard InChI is InChI=1S/C37H52N16O26P4S/c1-49(2)84(67,68)6-5-16-37(25(56)24(75-16)34(76-37)53-13-50(3)19-29(53)46-36(40)48-31(19)58)9-72-82(63,64)79-83(65,66)78-81(61,62)71-8-15-22(23(69-4)33(74-15)51-11-43-17-26(38)41-10-42-27(17)51)77-80(59,60)70-7-14-20(54)21(55)32(73-14)52-12-44-18-28(52)45-35(39)47-30(18)57/h10-16,20-25,32-34,54-56H,5-9H2,1-4H3,(H11-,38,39,40,41,42,45,46,47,48,57,58,59,60,61,62,63,64,65,66)/t14-,15-,16+,20?,21+,22?,23+,24?,25-,32-,33-,34-,37+/m1/s1. The largest absolute Gasteiger partial charge is 0.756 e. The highest BCUT2D eigenvalue weighted by Crippen LogP contribution is 2.68. The van der Waals surface area contributed by atoms with E-state index in [1.807, 2.05) is 0 Å². The zero-order chi connectivity index (χ0) is 61.0. The minimum atomic E-state index is -6.35. The molecule has 4 aliphatic rings. The second kappa shape index (κ2) is 22.5. The Labute approximate surface area is 468 Å². The van der Waals surface area contributed by atoms with E-state index in [-0.39, 0.29) is 51.2 Å². The minimum absolute atomic E-state index is 0.0162. The number of imidazole rings is 3. The number of aliphatic hydroxyl groups excluding tert-OH is 3. The zero-order valence-corrected chi connectivity index (χ0v) is 47.9. The molecule has 47 heteroatoms. The van der Waals surface area contributed by atoms with Gasteiger partial charge in [0.25, 0.3) is 24.9 Å². The number of fused-ring (bicyclic) bond motifs is 5. The van der Waals surface area contributed by atoms with E-state index in [1.165, 1.54) is 36.6 Å². The summed E-state index contributed by atoms with van der Waals surface area (Å²) in [5.74, 6) is -1.42. The molecule has 10 heterocycles. The van der Waals surface area contributed by atoms with Gasteiger partial charge >= 0.3 is 29.1 Å². The van der Waals surface area contributed by atoms with Crippen LogP contribution in [0, 0.1) is 0 Å². The summed E-state index contributed by atoms with van der Waals surface area (Å²) in [7, 11) is -23.2. The molecular formula is C37H52N16O26P4S. The topological polar surface area (TPSA) is 591 Å². The van der Waals surface area contributed by atoms with Crippen molar-refractivity contribution in [3.8, 4) is 0 Å². The Bertz CT molecular complexity index is 3960. The van der Waals surface area contributed by atoms with Gasteiger partial charge in [-0.3, -0.25) is 46.9 Å². The molecule has 42 nitrogen and oxygen atoms in total. The second-order valence-corrected chi connectivity index (χ2v) is 27.6. The lowest BCUT2D eigenvalue weighted by atomic mass is 9.92. The van der Waals surface area contributed by atoms with E-state index >= 15 is 0 Å². The summed E-state index contributed by atoms with van der Waals surface area (Å²) >= 11 is 0. The van der Waals surface area contributed by atoms with Crippen LogP contribution in [0.4, 0.5) is 17.7 Å². The molecule has 7 unspecified atom stereocenters. The highest BCUT2D eigenvalue weighted by Gasteiger charge is 2.69. The van der Waals surface area contributed by atoms with Crippen molar-refractivity contribution < 1.29 is 117 Å². The third-order valence-electron chi connectivity index (χ3n) is 13.8. The second-order valence-electron chi connectivity index (χ2n) is 19.3. The maximum Gasteiger partial charge on any atom is 0.490 e. The summed E-state index contributed by atoms with van der Waals surface area (Å²) in [5, 5.41) is 33.5. The number of sulfonamides is 1. The Morgan fingerprint density at radius 3 is 2.13 bits per heavy atom. The molecule has 10 rings (SSSR count). The fraction of sp³-hybridized carbons (Fsp3) is 0.595. The van der Waals surface area contributed by atoms with Crippen LogP contribution in [0.2, 0.25) is 0 Å². The maximum absolute atomic E-state index is 13.7. The molecule has 4 aliphatic heterocycles. The number of phosphoric acid groups is 4. The van der Waals surface area contributed by atoms with Crippen LogP contribution >= 0.6 is 31.3 Å². The molecule has 0 spiro atoms. The molecule has 6 aromatic rings. The Kier molecular flexibility index (Phi) is 16.5. The van der Waals surface area contributed by atoms with Crippen molar-refractivity contribution in [2.24, 2.45) is 7.05 Å². The number of nitrogens with two attached hydrogens (primary N) is 3. The van der Waals surface area contributed by atoms with E-state index in [0.717, 1.165) is 39.5 Å². The number of aromatic nitrogens is 12. The Balaban J connectivity index is 0.836. The average molecular weight is 1290 g/mol. The minimum Gasteiger partial charge on any atom is -0.756 e. The molecule has 6 aromatic heterocycles. The van der Waals surface area contributed by atoms with Crippen molar-refractivity contribution in [1.82, 2.24) is 57.9 Å². The van der Waals surface area contributed by atoms with Crippen molar-refractivity contribution >= 4 is 92.5 Å². The highest BCUT2D eigenvalue weighted by molar-refractivity contribution is 7.89. The van der Waals surface area contributed by atoms with Crippen LogP contribution in [0.1, 0.15) is 25.1 Å². The predicted molar refractivity (Wildman–Crippen MR) is 270 cm³/mol. The lowest BCUT2D eigenvalue weighted by Crippen LogP contribution is -2.55. The monoisotopic (exact) mass is 1290 g/mol. The van der Waals surface area contributed by atoms with Crippen LogP contribution < -0.4 is 37.8 Å². The summed E-state index contributed by atoms with van der Waals surface area (Å²) in [6.45, 7) is -3.69. The van der Waals surface area contributed by atoms with Gasteiger partial charge in [-0.05, 0) is 6.42 Å². The third kappa shape index (κ3) is 11.7. The predicted octanol–water partition coefficient (Wildman–Crippen LogP) is -5.28. The molecule has 0 radical (unpaired) electrons. The van der Waals surface area contributed by atoms with Crippen LogP contribution in [-0.2, 0) is 85.7 Å². The van der Waals surface area contributed by atoms with Crippen molar-refractivity contribution in [2.45, 2.75) is 85.6 Å². The van der Waals surface area contributed by atoms with Crippen LogP contribution in [0.15, 0.2) is 34.9 Å². The van der Waals surface area contributed by atoms with Crippen molar-refractivity contribution in [1.29, 1.82) is 0 Å². The normalized spacial score (nSPS) is 31.0. The Morgan fingerprint density at radius 2 is 1.44 bits per heavy atom. The number of aliphatic hydroxyl groups is 3. The molecule has 0 aliphatic carbocycles. The maximum atomic E-state index is 13.7. The van der Waals surface area contributed by atoms with E-state index < -0.39 is 164 Å². The van der Waals surface area contributed by atoms with Gasteiger partial charge in [-0.25, -0.2) is 50.9 Å². The molecule has 17 atom stereocenters. The molecule has 2 bridgehead atoms. The van der Waals surface area contributed by atoms with Gasteiger partial charge in [-0.1, -0.05) is 4.98 Å². The van der Waals surface area contributed by atoms with Gasteiger partial charge in [0, 0.05) is 21.2 Å². The number of nitrogens with zero attached hydrogens (tertiary/aromatic N) is 11. The van der Waals surface area contributed by atoms with Gasteiger partial charge in [0.05, 0.1) is 51.4 Å². The number of ether oxygens (including phenoxy) is 5. The SMILES string of the molecule is CO[C@H]1C(OP(=O)([O-])OC[C@H]2O[C@@H](n3cnc4c(=O)[nH]c(N)nc43)[C@@H](O)C2O)[C@@H](COP(=O)(O)OP(=O)(O)OP(=O)(O)OC[C@]23O[C@@H]([n+]4cn(C)c5c(=O)[nH]c(N)nc54)C(O[C@H]2CCS(=O)(=O)N(C)C)[C@H]3O)O[C@H]1n1cnc2c(N)ncnc21. The van der Waals surface area contributed by atoms with E-state index in [2.05, 4.69) is 48.5 Å². The first-order valence-corrected chi connectivity index (χ1v) is 31.7. The molecule has 14 N–H and O–H groups in total. The number of hydrogen-bond acceptors (Lipinski definition) is 32. The fourth-order valence-corrected chi connectivity index (χ4v) is 15.3. The van der Waals surface area contributed by atoms with E-state index in [0.29, 0.717) is 0 Å². The number of aromatic amines is 2. The van der Waals surface area contributed by atoms with E-state index in [4.69, 9.17) is 59.0 Å². The first-order chi connectivity index (χ1) is 39.2. The van der Waals surface area contributed by atoms with Crippen molar-refractivity contribution in [3.05, 3.63) is 46.0 Å². The van der Waals surface area contributed by atoms with Gasteiger partial charge in [-0.15, -0.1) is 0 Å². The van der Waals surface area contributed by atoms with E-state index in [9.17, 15) is 71.2 Å². The van der Waals surface area contributed by atoms with Gasteiger partial charge in [0.15, 0.2) is 47.0 Å². The summed E-state index contributed by atoms with van der Waals surface area (Å²) in [6, 6.07) is 0. The van der Waals surface area contributed by atoms with Gasteiger partial charge < -0.3 is 84.8 Å². The fourth-order valence-electron chi connectivity index (χ4n) is 9.89. The molecule has 4 saturated heterocycles. The summed E-state index contributed by atoms with van der Waals surface area (Å²) in [5.41, 5.74) is 13.1. The lowest BCUT2D eigenvalue weighted by Gasteiger charge is -2.36.